The molecule has 1 aromatic carbocycles. The highest BCUT2D eigenvalue weighted by Gasteiger charge is 2.40. The first-order chi connectivity index (χ1) is 9.22. The van der Waals surface area contributed by atoms with Crippen molar-refractivity contribution in [1.82, 2.24) is 0 Å². The quantitative estimate of drug-likeness (QED) is 0.910. The Labute approximate surface area is 115 Å². The standard InChI is InChI=1S/C16H23NO2/c1-11-9-13-12(5-8-19-13)14(15(11)18-2)16(10-17)6-3-4-7-16/h9H,3-8,10,17H2,1-2H3. The van der Waals surface area contributed by atoms with Crippen LogP contribution in [0, 0.1) is 6.92 Å². The van der Waals surface area contributed by atoms with Crippen molar-refractivity contribution in [2.75, 3.05) is 20.3 Å². The molecular weight excluding hydrogens is 238 g/mol. The molecule has 2 N–H and O–H groups in total. The van der Waals surface area contributed by atoms with Crippen LogP contribution in [0.1, 0.15) is 42.4 Å². The number of aryl methyl sites for hydroxylation is 1. The fourth-order valence-electron chi connectivity index (χ4n) is 3.88. The van der Waals surface area contributed by atoms with Crippen LogP contribution in [0.3, 0.4) is 0 Å². The number of rotatable bonds is 3. The normalized spacial score (nSPS) is 20.2. The summed E-state index contributed by atoms with van der Waals surface area (Å²) in [6.07, 6.45) is 5.88. The maximum absolute atomic E-state index is 6.17. The van der Waals surface area contributed by atoms with Gasteiger partial charge in [0.15, 0.2) is 0 Å². The first-order valence-electron chi connectivity index (χ1n) is 7.25. The molecule has 1 aliphatic carbocycles. The molecule has 1 saturated carbocycles. The number of fused-ring (bicyclic) bond motifs is 1. The lowest BCUT2D eigenvalue weighted by Gasteiger charge is -2.32. The minimum Gasteiger partial charge on any atom is -0.496 e. The summed E-state index contributed by atoms with van der Waals surface area (Å²) in [6, 6.07) is 2.11. The zero-order valence-corrected chi connectivity index (χ0v) is 11.9. The Kier molecular flexibility index (Phi) is 3.17. The lowest BCUT2D eigenvalue weighted by atomic mass is 9.75. The SMILES string of the molecule is COc1c(C)cc2c(c1C1(CN)CCCC1)CCO2. The number of methoxy groups -OCH3 is 1. The van der Waals surface area contributed by atoms with Crippen LogP contribution in [0.2, 0.25) is 0 Å². The van der Waals surface area contributed by atoms with E-state index in [2.05, 4.69) is 13.0 Å². The van der Waals surface area contributed by atoms with Gasteiger partial charge in [-0.05, 0) is 31.4 Å². The zero-order valence-electron chi connectivity index (χ0n) is 11.9. The summed E-state index contributed by atoms with van der Waals surface area (Å²) in [5.74, 6) is 2.09. The van der Waals surface area contributed by atoms with E-state index in [1.165, 1.54) is 36.8 Å². The maximum Gasteiger partial charge on any atom is 0.126 e. The molecule has 3 nitrogen and oxygen atoms in total. The van der Waals surface area contributed by atoms with E-state index < -0.39 is 0 Å². The number of ether oxygens (including phenoxy) is 2. The van der Waals surface area contributed by atoms with Gasteiger partial charge in [0.25, 0.3) is 0 Å². The molecule has 3 rings (SSSR count). The van der Waals surface area contributed by atoms with Crippen molar-refractivity contribution in [3.05, 3.63) is 22.8 Å². The Morgan fingerprint density at radius 2 is 2.11 bits per heavy atom. The van der Waals surface area contributed by atoms with Crippen molar-refractivity contribution in [2.24, 2.45) is 5.73 Å². The van der Waals surface area contributed by atoms with Crippen LogP contribution >= 0.6 is 0 Å². The number of nitrogens with two attached hydrogens (primary N) is 1. The van der Waals surface area contributed by atoms with Gasteiger partial charge < -0.3 is 15.2 Å². The molecule has 1 aliphatic heterocycles. The Bertz CT molecular complexity index is 486. The summed E-state index contributed by atoms with van der Waals surface area (Å²) in [4.78, 5) is 0. The smallest absolute Gasteiger partial charge is 0.126 e. The van der Waals surface area contributed by atoms with E-state index in [1.807, 2.05) is 0 Å². The van der Waals surface area contributed by atoms with Gasteiger partial charge in [0, 0.05) is 29.5 Å². The Balaban J connectivity index is 2.23. The fourth-order valence-corrected chi connectivity index (χ4v) is 3.88. The van der Waals surface area contributed by atoms with Crippen LogP contribution in [-0.2, 0) is 11.8 Å². The monoisotopic (exact) mass is 261 g/mol. The second-order valence-electron chi connectivity index (χ2n) is 5.87. The highest BCUT2D eigenvalue weighted by molar-refractivity contribution is 5.58. The molecule has 0 bridgehead atoms. The van der Waals surface area contributed by atoms with Crippen molar-refractivity contribution in [3.8, 4) is 11.5 Å². The van der Waals surface area contributed by atoms with E-state index >= 15 is 0 Å². The van der Waals surface area contributed by atoms with E-state index in [1.54, 1.807) is 7.11 Å². The van der Waals surface area contributed by atoms with Crippen molar-refractivity contribution in [3.63, 3.8) is 0 Å². The summed E-state index contributed by atoms with van der Waals surface area (Å²) in [6.45, 7) is 3.60. The molecule has 19 heavy (non-hydrogen) atoms. The average molecular weight is 261 g/mol. The minimum absolute atomic E-state index is 0.106. The van der Waals surface area contributed by atoms with Crippen LogP contribution in [-0.4, -0.2) is 20.3 Å². The zero-order chi connectivity index (χ0) is 13.5. The molecule has 0 aromatic heterocycles. The van der Waals surface area contributed by atoms with Crippen LogP contribution < -0.4 is 15.2 Å². The van der Waals surface area contributed by atoms with Gasteiger partial charge in [0.05, 0.1) is 13.7 Å². The summed E-state index contributed by atoms with van der Waals surface area (Å²) < 4.78 is 11.5. The number of benzene rings is 1. The molecule has 0 saturated heterocycles. The van der Waals surface area contributed by atoms with Crippen molar-refractivity contribution in [2.45, 2.75) is 44.4 Å². The molecule has 1 aromatic rings. The molecule has 0 radical (unpaired) electrons. The minimum atomic E-state index is 0.106. The third-order valence-corrected chi connectivity index (χ3v) is 4.83. The predicted molar refractivity (Wildman–Crippen MR) is 76.1 cm³/mol. The molecule has 104 valence electrons. The summed E-state index contributed by atoms with van der Waals surface area (Å²) in [5.41, 5.74) is 10.1. The fraction of sp³-hybridized carbons (Fsp3) is 0.625. The van der Waals surface area contributed by atoms with Gasteiger partial charge in [-0.3, -0.25) is 0 Å². The molecule has 2 aliphatic rings. The summed E-state index contributed by atoms with van der Waals surface area (Å²) >= 11 is 0. The second-order valence-corrected chi connectivity index (χ2v) is 5.87. The Morgan fingerprint density at radius 1 is 1.37 bits per heavy atom. The van der Waals surface area contributed by atoms with Crippen LogP contribution in [0.4, 0.5) is 0 Å². The lowest BCUT2D eigenvalue weighted by molar-refractivity contribution is 0.355. The summed E-state index contributed by atoms with van der Waals surface area (Å²) in [7, 11) is 1.77. The van der Waals surface area contributed by atoms with Crippen LogP contribution in [0.5, 0.6) is 11.5 Å². The first-order valence-corrected chi connectivity index (χ1v) is 7.25. The molecule has 0 unspecified atom stereocenters. The molecule has 0 atom stereocenters. The van der Waals surface area contributed by atoms with Crippen molar-refractivity contribution in [1.29, 1.82) is 0 Å². The van der Waals surface area contributed by atoms with Gasteiger partial charge >= 0.3 is 0 Å². The maximum atomic E-state index is 6.17. The van der Waals surface area contributed by atoms with E-state index in [4.69, 9.17) is 15.2 Å². The first kappa shape index (κ1) is 12.8. The van der Waals surface area contributed by atoms with Crippen molar-refractivity contribution >= 4 is 0 Å². The Morgan fingerprint density at radius 3 is 2.74 bits per heavy atom. The largest absolute Gasteiger partial charge is 0.496 e. The van der Waals surface area contributed by atoms with E-state index in [0.717, 1.165) is 30.1 Å². The molecular formula is C16H23NO2. The number of hydrogen-bond acceptors (Lipinski definition) is 3. The van der Waals surface area contributed by atoms with E-state index in [9.17, 15) is 0 Å². The third-order valence-electron chi connectivity index (χ3n) is 4.83. The van der Waals surface area contributed by atoms with Gasteiger partial charge in [-0.1, -0.05) is 12.8 Å². The molecule has 0 spiro atoms. The van der Waals surface area contributed by atoms with Gasteiger partial charge in [-0.25, -0.2) is 0 Å². The second kappa shape index (κ2) is 4.71. The van der Waals surface area contributed by atoms with Crippen molar-refractivity contribution < 1.29 is 9.47 Å². The molecule has 1 fully saturated rings. The lowest BCUT2D eigenvalue weighted by Crippen LogP contribution is -2.33. The topological polar surface area (TPSA) is 44.5 Å². The average Bonchev–Trinajstić information content (AvgIpc) is 3.06. The predicted octanol–water partition coefficient (Wildman–Crippen LogP) is 2.71. The van der Waals surface area contributed by atoms with E-state index in [-0.39, 0.29) is 5.41 Å². The van der Waals surface area contributed by atoms with Crippen LogP contribution in [0.25, 0.3) is 0 Å². The molecule has 0 amide bonds. The summed E-state index contributed by atoms with van der Waals surface area (Å²) in [5, 5.41) is 0. The van der Waals surface area contributed by atoms with Gasteiger partial charge in [0.1, 0.15) is 11.5 Å². The highest BCUT2D eigenvalue weighted by Crippen LogP contribution is 2.50. The van der Waals surface area contributed by atoms with Gasteiger partial charge in [-0.15, -0.1) is 0 Å². The molecule has 3 heteroatoms. The van der Waals surface area contributed by atoms with Gasteiger partial charge in [-0.2, -0.15) is 0 Å². The third kappa shape index (κ3) is 1.83. The molecule has 1 heterocycles. The number of hydrogen-bond donors (Lipinski definition) is 1. The highest BCUT2D eigenvalue weighted by atomic mass is 16.5. The van der Waals surface area contributed by atoms with Gasteiger partial charge in [0.2, 0.25) is 0 Å². The Hall–Kier alpha value is -1.22. The van der Waals surface area contributed by atoms with Crippen LogP contribution in [0.15, 0.2) is 6.07 Å². The van der Waals surface area contributed by atoms with E-state index in [0.29, 0.717) is 6.54 Å².